The van der Waals surface area contributed by atoms with Crippen molar-refractivity contribution in [3.05, 3.63) is 31.0 Å². The Labute approximate surface area is 124 Å². The largest absolute Gasteiger partial charge is 0.398 e. The van der Waals surface area contributed by atoms with Crippen molar-refractivity contribution in [2.24, 2.45) is 0 Å². The molecule has 0 atom stereocenters. The smallest absolute Gasteiger partial charge is 0.0950 e. The predicted molar refractivity (Wildman–Crippen MR) is 86.7 cm³/mol. The van der Waals surface area contributed by atoms with Crippen LogP contribution in [0.1, 0.15) is 25.7 Å². The standard InChI is InChI=1S/C15H22N4S/c1-20-9-5-3-2-4-8-19-12-18-11-15(19)13-10-17-7-6-14(13)16/h6-7,10-12H,2-5,8-9H2,1H3,(H2,16,17). The summed E-state index contributed by atoms with van der Waals surface area (Å²) in [6.07, 6.45) is 14.5. The molecule has 0 aliphatic heterocycles. The van der Waals surface area contributed by atoms with Crippen LogP contribution in [0, 0.1) is 0 Å². The summed E-state index contributed by atoms with van der Waals surface area (Å²) in [6.45, 7) is 0.989. The van der Waals surface area contributed by atoms with Crippen molar-refractivity contribution >= 4 is 17.4 Å². The minimum Gasteiger partial charge on any atom is -0.398 e. The zero-order valence-electron chi connectivity index (χ0n) is 12.0. The maximum atomic E-state index is 6.01. The average Bonchev–Trinajstić information content (AvgIpc) is 2.91. The van der Waals surface area contributed by atoms with Gasteiger partial charge in [-0.3, -0.25) is 4.98 Å². The van der Waals surface area contributed by atoms with Gasteiger partial charge in [0.05, 0.1) is 18.2 Å². The Kier molecular flexibility index (Phi) is 5.92. The molecule has 0 amide bonds. The number of hydrogen-bond donors (Lipinski definition) is 1. The molecule has 0 bridgehead atoms. The molecule has 0 aliphatic carbocycles. The number of aryl methyl sites for hydroxylation is 1. The van der Waals surface area contributed by atoms with E-state index in [0.29, 0.717) is 0 Å². The maximum absolute atomic E-state index is 6.01. The van der Waals surface area contributed by atoms with E-state index in [1.165, 1.54) is 31.4 Å². The van der Waals surface area contributed by atoms with E-state index in [4.69, 9.17) is 5.73 Å². The molecule has 2 rings (SSSR count). The summed E-state index contributed by atoms with van der Waals surface area (Å²) in [7, 11) is 0. The van der Waals surface area contributed by atoms with Crippen molar-refractivity contribution in [3.63, 3.8) is 0 Å². The van der Waals surface area contributed by atoms with Gasteiger partial charge in [-0.05, 0) is 30.9 Å². The highest BCUT2D eigenvalue weighted by Gasteiger charge is 2.08. The van der Waals surface area contributed by atoms with Crippen LogP contribution in [0.3, 0.4) is 0 Å². The minimum absolute atomic E-state index is 0.752. The van der Waals surface area contributed by atoms with Crippen molar-refractivity contribution in [1.82, 2.24) is 14.5 Å². The first kappa shape index (κ1) is 14.9. The molecule has 2 heterocycles. The first-order valence-electron chi connectivity index (χ1n) is 7.02. The van der Waals surface area contributed by atoms with Gasteiger partial charge in [-0.25, -0.2) is 4.98 Å². The van der Waals surface area contributed by atoms with Crippen molar-refractivity contribution < 1.29 is 0 Å². The second-order valence-corrected chi connectivity index (χ2v) is 5.83. The lowest BCUT2D eigenvalue weighted by Crippen LogP contribution is -2.01. The lowest BCUT2D eigenvalue weighted by atomic mass is 10.1. The Balaban J connectivity index is 1.91. The fourth-order valence-corrected chi connectivity index (χ4v) is 2.72. The summed E-state index contributed by atoms with van der Waals surface area (Å²) >= 11 is 1.92. The highest BCUT2D eigenvalue weighted by molar-refractivity contribution is 7.98. The molecule has 2 aromatic rings. The molecular formula is C15H22N4S. The third kappa shape index (κ3) is 4.00. The summed E-state index contributed by atoms with van der Waals surface area (Å²) < 4.78 is 2.17. The first-order valence-corrected chi connectivity index (χ1v) is 8.41. The zero-order valence-corrected chi connectivity index (χ0v) is 12.8. The van der Waals surface area contributed by atoms with Gasteiger partial charge < -0.3 is 10.3 Å². The Morgan fingerprint density at radius 3 is 2.80 bits per heavy atom. The third-order valence-corrected chi connectivity index (χ3v) is 4.04. The van der Waals surface area contributed by atoms with Gasteiger partial charge in [0.2, 0.25) is 0 Å². The minimum atomic E-state index is 0.752. The quantitative estimate of drug-likeness (QED) is 0.757. The van der Waals surface area contributed by atoms with Gasteiger partial charge in [0.15, 0.2) is 0 Å². The van der Waals surface area contributed by atoms with E-state index in [0.717, 1.165) is 23.5 Å². The summed E-state index contributed by atoms with van der Waals surface area (Å²) in [4.78, 5) is 8.39. The predicted octanol–water partition coefficient (Wildman–Crippen LogP) is 3.45. The number of nitrogen functional groups attached to an aromatic ring is 1. The molecule has 0 saturated heterocycles. The third-order valence-electron chi connectivity index (χ3n) is 3.34. The number of rotatable bonds is 8. The van der Waals surface area contributed by atoms with E-state index in [-0.39, 0.29) is 0 Å². The Hall–Kier alpha value is -1.49. The molecule has 4 nitrogen and oxygen atoms in total. The van der Waals surface area contributed by atoms with Gasteiger partial charge in [0.25, 0.3) is 0 Å². The number of hydrogen-bond acceptors (Lipinski definition) is 4. The van der Waals surface area contributed by atoms with Crippen molar-refractivity contribution in [2.45, 2.75) is 32.2 Å². The lowest BCUT2D eigenvalue weighted by Gasteiger charge is -2.09. The van der Waals surface area contributed by atoms with E-state index in [1.54, 1.807) is 12.4 Å². The molecule has 0 saturated carbocycles. The molecule has 0 radical (unpaired) electrons. The van der Waals surface area contributed by atoms with Crippen molar-refractivity contribution in [2.75, 3.05) is 17.7 Å². The van der Waals surface area contributed by atoms with Gasteiger partial charge in [0.1, 0.15) is 0 Å². The van der Waals surface area contributed by atoms with E-state index in [2.05, 4.69) is 20.8 Å². The SMILES string of the molecule is CSCCCCCCn1cncc1-c1cnccc1N. The fraction of sp³-hybridized carbons (Fsp3) is 0.467. The Morgan fingerprint density at radius 1 is 1.15 bits per heavy atom. The van der Waals surface area contributed by atoms with E-state index in [1.807, 2.05) is 30.4 Å². The number of nitrogens with zero attached hydrogens (tertiary/aromatic N) is 3. The van der Waals surface area contributed by atoms with E-state index in [9.17, 15) is 0 Å². The van der Waals surface area contributed by atoms with E-state index >= 15 is 0 Å². The molecule has 2 N–H and O–H groups in total. The van der Waals surface area contributed by atoms with Crippen LogP contribution in [0.2, 0.25) is 0 Å². The fourth-order valence-electron chi connectivity index (χ4n) is 2.22. The van der Waals surface area contributed by atoms with Gasteiger partial charge >= 0.3 is 0 Å². The normalized spacial score (nSPS) is 10.8. The van der Waals surface area contributed by atoms with Gasteiger partial charge in [-0.1, -0.05) is 12.8 Å². The Morgan fingerprint density at radius 2 is 2.00 bits per heavy atom. The number of anilines is 1. The van der Waals surface area contributed by atoms with Crippen LogP contribution in [-0.4, -0.2) is 26.5 Å². The summed E-state index contributed by atoms with van der Waals surface area (Å²) in [5.74, 6) is 1.27. The molecule has 108 valence electrons. The van der Waals surface area contributed by atoms with Crippen LogP contribution in [0.25, 0.3) is 11.3 Å². The first-order chi connectivity index (χ1) is 9.83. The second-order valence-electron chi connectivity index (χ2n) is 4.84. The van der Waals surface area contributed by atoms with Gasteiger partial charge in [-0.2, -0.15) is 11.8 Å². The summed E-state index contributed by atoms with van der Waals surface area (Å²) in [5.41, 5.74) is 8.78. The van der Waals surface area contributed by atoms with Crippen LogP contribution >= 0.6 is 11.8 Å². The molecule has 20 heavy (non-hydrogen) atoms. The van der Waals surface area contributed by atoms with Crippen LogP contribution in [0.15, 0.2) is 31.0 Å². The van der Waals surface area contributed by atoms with Crippen LogP contribution in [-0.2, 0) is 6.54 Å². The highest BCUT2D eigenvalue weighted by Crippen LogP contribution is 2.24. The van der Waals surface area contributed by atoms with Crippen LogP contribution in [0.5, 0.6) is 0 Å². The highest BCUT2D eigenvalue weighted by atomic mass is 32.2. The monoisotopic (exact) mass is 290 g/mol. The summed E-state index contributed by atoms with van der Waals surface area (Å²) in [5, 5.41) is 0. The maximum Gasteiger partial charge on any atom is 0.0950 e. The zero-order chi connectivity index (χ0) is 14.2. The topological polar surface area (TPSA) is 56.7 Å². The molecular weight excluding hydrogens is 268 g/mol. The molecule has 5 heteroatoms. The lowest BCUT2D eigenvalue weighted by molar-refractivity contribution is 0.586. The Bertz CT molecular complexity index is 524. The number of imidazole rings is 1. The molecule has 0 aliphatic rings. The number of aromatic nitrogens is 3. The van der Waals surface area contributed by atoms with Crippen LogP contribution in [0.4, 0.5) is 5.69 Å². The molecule has 0 fully saturated rings. The number of nitrogens with two attached hydrogens (primary N) is 1. The molecule has 0 unspecified atom stereocenters. The van der Waals surface area contributed by atoms with Crippen molar-refractivity contribution in [1.29, 1.82) is 0 Å². The van der Waals surface area contributed by atoms with Crippen LogP contribution < -0.4 is 5.73 Å². The summed E-state index contributed by atoms with van der Waals surface area (Å²) in [6, 6.07) is 1.83. The molecule has 2 aromatic heterocycles. The average molecular weight is 290 g/mol. The number of unbranched alkanes of at least 4 members (excludes halogenated alkanes) is 3. The van der Waals surface area contributed by atoms with E-state index < -0.39 is 0 Å². The molecule has 0 spiro atoms. The van der Waals surface area contributed by atoms with Crippen molar-refractivity contribution in [3.8, 4) is 11.3 Å². The number of thioether (sulfide) groups is 1. The van der Waals surface area contributed by atoms with Gasteiger partial charge in [-0.15, -0.1) is 0 Å². The van der Waals surface area contributed by atoms with Gasteiger partial charge in [0, 0.05) is 30.2 Å². The number of pyridine rings is 1. The second kappa shape index (κ2) is 7.94. The molecule has 0 aromatic carbocycles.